The number of methoxy groups -OCH3 is 1. The molecule has 0 fully saturated rings. The lowest BCUT2D eigenvalue weighted by atomic mass is 10.2. The predicted octanol–water partition coefficient (Wildman–Crippen LogP) is 2.94. The van der Waals surface area contributed by atoms with Crippen LogP contribution in [0.2, 0.25) is 0 Å². The van der Waals surface area contributed by atoms with E-state index in [9.17, 15) is 4.79 Å². The summed E-state index contributed by atoms with van der Waals surface area (Å²) >= 11 is 0. The number of anilines is 1. The maximum absolute atomic E-state index is 11.8. The number of hydrogen-bond acceptors (Lipinski definition) is 3. The molecule has 0 heterocycles. The Morgan fingerprint density at radius 1 is 1.35 bits per heavy atom. The summed E-state index contributed by atoms with van der Waals surface area (Å²) in [5.74, 6) is 0.654. The van der Waals surface area contributed by atoms with Crippen LogP contribution in [0.5, 0.6) is 5.75 Å². The van der Waals surface area contributed by atoms with Crippen molar-refractivity contribution in [3.8, 4) is 5.75 Å². The van der Waals surface area contributed by atoms with Crippen molar-refractivity contribution in [2.45, 2.75) is 33.2 Å². The Hall–Kier alpha value is -1.75. The van der Waals surface area contributed by atoms with Gasteiger partial charge in [-0.05, 0) is 38.0 Å². The van der Waals surface area contributed by atoms with E-state index in [0.717, 1.165) is 12.0 Å². The van der Waals surface area contributed by atoms with Gasteiger partial charge in [-0.15, -0.1) is 0 Å². The fraction of sp³-hybridized carbons (Fsp3) is 0.533. The topological polar surface area (TPSA) is 59.6 Å². The summed E-state index contributed by atoms with van der Waals surface area (Å²) in [5, 5.41) is 5.67. The van der Waals surface area contributed by atoms with Crippen molar-refractivity contribution in [2.24, 2.45) is 0 Å². The van der Waals surface area contributed by atoms with Crippen LogP contribution in [0.4, 0.5) is 10.5 Å². The number of rotatable bonds is 7. The van der Waals surface area contributed by atoms with E-state index in [-0.39, 0.29) is 12.1 Å². The third-order valence-electron chi connectivity index (χ3n) is 2.92. The van der Waals surface area contributed by atoms with Crippen LogP contribution in [-0.4, -0.2) is 32.4 Å². The fourth-order valence-corrected chi connectivity index (χ4v) is 1.57. The molecule has 0 unspecified atom stereocenters. The minimum atomic E-state index is -0.222. The molecular weight excluding hydrogens is 256 g/mol. The van der Waals surface area contributed by atoms with Crippen LogP contribution in [0.25, 0.3) is 0 Å². The highest BCUT2D eigenvalue weighted by molar-refractivity contribution is 5.91. The summed E-state index contributed by atoms with van der Waals surface area (Å²) in [5.41, 5.74) is 1.73. The van der Waals surface area contributed by atoms with Gasteiger partial charge in [-0.2, -0.15) is 0 Å². The van der Waals surface area contributed by atoms with Crippen LogP contribution in [0.15, 0.2) is 18.2 Å². The van der Waals surface area contributed by atoms with E-state index in [4.69, 9.17) is 9.47 Å². The second-order valence-electron chi connectivity index (χ2n) is 4.75. The first-order valence-corrected chi connectivity index (χ1v) is 6.86. The molecule has 0 saturated carbocycles. The molecule has 0 bridgehead atoms. The molecule has 0 aliphatic rings. The maximum atomic E-state index is 11.8. The number of urea groups is 1. The van der Waals surface area contributed by atoms with Gasteiger partial charge in [0.1, 0.15) is 12.4 Å². The normalized spacial score (nSPS) is 11.8. The van der Waals surface area contributed by atoms with Crippen molar-refractivity contribution < 1.29 is 14.3 Å². The summed E-state index contributed by atoms with van der Waals surface area (Å²) in [6.45, 7) is 6.92. The molecule has 2 N–H and O–H groups in total. The first kappa shape index (κ1) is 16.3. The van der Waals surface area contributed by atoms with E-state index in [1.54, 1.807) is 7.11 Å². The SMILES string of the molecule is CC[C@@H](C)NC(=O)Nc1ccc(C)cc1OCCOC. The van der Waals surface area contributed by atoms with Crippen molar-refractivity contribution in [1.82, 2.24) is 5.32 Å². The lowest BCUT2D eigenvalue weighted by Crippen LogP contribution is -2.35. The van der Waals surface area contributed by atoms with Crippen LogP contribution in [0, 0.1) is 6.92 Å². The standard InChI is InChI=1S/C15H24N2O3/c1-5-12(3)16-15(18)17-13-7-6-11(2)10-14(13)20-9-8-19-4/h6-7,10,12H,5,8-9H2,1-4H3,(H2,16,17,18)/t12-/m1/s1. The van der Waals surface area contributed by atoms with E-state index >= 15 is 0 Å². The lowest BCUT2D eigenvalue weighted by molar-refractivity contribution is 0.146. The van der Waals surface area contributed by atoms with Gasteiger partial charge in [-0.25, -0.2) is 4.79 Å². The van der Waals surface area contributed by atoms with Crippen LogP contribution in [0.1, 0.15) is 25.8 Å². The zero-order valence-corrected chi connectivity index (χ0v) is 12.7. The van der Waals surface area contributed by atoms with E-state index in [1.807, 2.05) is 39.0 Å². The Morgan fingerprint density at radius 3 is 2.75 bits per heavy atom. The molecule has 2 amide bonds. The molecule has 0 aliphatic heterocycles. The summed E-state index contributed by atoms with van der Waals surface area (Å²) in [7, 11) is 1.62. The molecule has 112 valence electrons. The summed E-state index contributed by atoms with van der Waals surface area (Å²) < 4.78 is 10.6. The number of aryl methyl sites for hydroxylation is 1. The maximum Gasteiger partial charge on any atom is 0.319 e. The third-order valence-corrected chi connectivity index (χ3v) is 2.92. The van der Waals surface area contributed by atoms with Crippen molar-refractivity contribution in [2.75, 3.05) is 25.6 Å². The van der Waals surface area contributed by atoms with Gasteiger partial charge in [0.2, 0.25) is 0 Å². The highest BCUT2D eigenvalue weighted by Crippen LogP contribution is 2.25. The molecule has 5 nitrogen and oxygen atoms in total. The molecule has 0 saturated heterocycles. The van der Waals surface area contributed by atoms with Crippen LogP contribution >= 0.6 is 0 Å². The summed E-state index contributed by atoms with van der Waals surface area (Å²) in [6.07, 6.45) is 0.887. The van der Waals surface area contributed by atoms with Gasteiger partial charge in [0.15, 0.2) is 0 Å². The minimum absolute atomic E-state index is 0.137. The average Bonchev–Trinajstić information content (AvgIpc) is 2.41. The van der Waals surface area contributed by atoms with Gasteiger partial charge >= 0.3 is 6.03 Å². The monoisotopic (exact) mass is 280 g/mol. The number of benzene rings is 1. The average molecular weight is 280 g/mol. The van der Waals surface area contributed by atoms with Crippen molar-refractivity contribution in [3.63, 3.8) is 0 Å². The van der Waals surface area contributed by atoms with Crippen molar-refractivity contribution >= 4 is 11.7 Å². The van der Waals surface area contributed by atoms with Crippen molar-refractivity contribution in [3.05, 3.63) is 23.8 Å². The molecule has 0 aliphatic carbocycles. The second kappa shape index (κ2) is 8.43. The van der Waals surface area contributed by atoms with Crippen LogP contribution < -0.4 is 15.4 Å². The lowest BCUT2D eigenvalue weighted by Gasteiger charge is -2.16. The Balaban J connectivity index is 2.70. The zero-order valence-electron chi connectivity index (χ0n) is 12.7. The van der Waals surface area contributed by atoms with Crippen molar-refractivity contribution in [1.29, 1.82) is 0 Å². The molecule has 20 heavy (non-hydrogen) atoms. The second-order valence-corrected chi connectivity index (χ2v) is 4.75. The fourth-order valence-electron chi connectivity index (χ4n) is 1.57. The van der Waals surface area contributed by atoms with E-state index in [1.165, 1.54) is 0 Å². The van der Waals surface area contributed by atoms with E-state index in [0.29, 0.717) is 24.7 Å². The van der Waals surface area contributed by atoms with Gasteiger partial charge < -0.3 is 20.1 Å². The highest BCUT2D eigenvalue weighted by Gasteiger charge is 2.10. The number of carbonyl (C=O) groups is 1. The number of amides is 2. The molecule has 5 heteroatoms. The Bertz CT molecular complexity index is 435. The van der Waals surface area contributed by atoms with Crippen LogP contribution in [0.3, 0.4) is 0 Å². The molecule has 0 aromatic heterocycles. The molecule has 0 spiro atoms. The zero-order chi connectivity index (χ0) is 15.0. The highest BCUT2D eigenvalue weighted by atomic mass is 16.5. The Kier molecular flexibility index (Phi) is 6.87. The number of nitrogens with one attached hydrogen (secondary N) is 2. The molecule has 1 aromatic carbocycles. The predicted molar refractivity (Wildman–Crippen MR) is 80.5 cm³/mol. The number of hydrogen-bond donors (Lipinski definition) is 2. The quantitative estimate of drug-likeness (QED) is 0.755. The molecule has 0 radical (unpaired) electrons. The summed E-state index contributed by atoms with van der Waals surface area (Å²) in [4.78, 5) is 11.8. The minimum Gasteiger partial charge on any atom is -0.489 e. The van der Waals surface area contributed by atoms with E-state index in [2.05, 4.69) is 10.6 Å². The number of carbonyl (C=O) groups excluding carboxylic acids is 1. The molecular formula is C15H24N2O3. The first-order valence-electron chi connectivity index (χ1n) is 6.86. The number of ether oxygens (including phenoxy) is 2. The Morgan fingerprint density at radius 2 is 2.10 bits per heavy atom. The van der Waals surface area contributed by atoms with Gasteiger partial charge in [0, 0.05) is 13.2 Å². The largest absolute Gasteiger partial charge is 0.489 e. The summed E-state index contributed by atoms with van der Waals surface area (Å²) in [6, 6.07) is 5.59. The smallest absolute Gasteiger partial charge is 0.319 e. The van der Waals surface area contributed by atoms with Gasteiger partial charge in [-0.1, -0.05) is 13.0 Å². The van der Waals surface area contributed by atoms with Gasteiger partial charge in [-0.3, -0.25) is 0 Å². The van der Waals surface area contributed by atoms with Gasteiger partial charge in [0.05, 0.1) is 12.3 Å². The third kappa shape index (κ3) is 5.48. The van der Waals surface area contributed by atoms with E-state index < -0.39 is 0 Å². The van der Waals surface area contributed by atoms with Crippen LogP contribution in [-0.2, 0) is 4.74 Å². The molecule has 1 aromatic rings. The van der Waals surface area contributed by atoms with Gasteiger partial charge in [0.25, 0.3) is 0 Å². The Labute approximate surface area is 120 Å². The molecule has 1 rings (SSSR count). The molecule has 1 atom stereocenters. The first-order chi connectivity index (χ1) is 9.56.